The van der Waals surface area contributed by atoms with Crippen molar-refractivity contribution in [2.45, 2.75) is 31.9 Å². The predicted octanol–water partition coefficient (Wildman–Crippen LogP) is 3.65. The average Bonchev–Trinajstić information content (AvgIpc) is 2.45. The topological polar surface area (TPSA) is 21.3 Å². The maximum absolute atomic E-state index is 12.7. The number of halogens is 3. The van der Waals surface area contributed by atoms with Crippen LogP contribution >= 0.6 is 0 Å². The number of rotatable bonds is 4. The summed E-state index contributed by atoms with van der Waals surface area (Å²) in [5, 5.41) is 3.31. The molecule has 0 saturated carbocycles. The summed E-state index contributed by atoms with van der Waals surface area (Å²) in [5.41, 5.74) is 0.207. The second-order valence-corrected chi connectivity index (χ2v) is 5.26. The molecule has 20 heavy (non-hydrogen) atoms. The quantitative estimate of drug-likeness (QED) is 0.912. The van der Waals surface area contributed by atoms with Crippen LogP contribution in [0.5, 0.6) is 5.75 Å². The van der Waals surface area contributed by atoms with E-state index in [0.29, 0.717) is 11.7 Å². The van der Waals surface area contributed by atoms with Gasteiger partial charge in [-0.05, 0) is 62.4 Å². The molecule has 0 unspecified atom stereocenters. The highest BCUT2D eigenvalue weighted by atomic mass is 19.4. The van der Waals surface area contributed by atoms with Crippen LogP contribution in [0.25, 0.3) is 0 Å². The fourth-order valence-corrected chi connectivity index (χ4v) is 2.66. The first-order valence-corrected chi connectivity index (χ1v) is 6.95. The van der Waals surface area contributed by atoms with Crippen molar-refractivity contribution in [3.63, 3.8) is 0 Å². The van der Waals surface area contributed by atoms with Gasteiger partial charge in [0.2, 0.25) is 0 Å². The molecule has 0 spiro atoms. The molecule has 1 saturated heterocycles. The molecule has 1 fully saturated rings. The second kappa shape index (κ2) is 6.48. The molecule has 0 amide bonds. The molecule has 2 rings (SSSR count). The highest BCUT2D eigenvalue weighted by Crippen LogP contribution is 2.34. The van der Waals surface area contributed by atoms with Crippen molar-refractivity contribution in [3.05, 3.63) is 29.3 Å². The van der Waals surface area contributed by atoms with Crippen molar-refractivity contribution in [2.24, 2.45) is 5.92 Å². The first-order chi connectivity index (χ1) is 9.50. The highest BCUT2D eigenvalue weighted by molar-refractivity contribution is 5.38. The summed E-state index contributed by atoms with van der Waals surface area (Å²) in [7, 11) is 1.42. The number of ether oxygens (including phenoxy) is 1. The van der Waals surface area contributed by atoms with Gasteiger partial charge < -0.3 is 10.1 Å². The van der Waals surface area contributed by atoms with E-state index in [0.717, 1.165) is 56.5 Å². The zero-order chi connectivity index (χ0) is 14.6. The summed E-state index contributed by atoms with van der Waals surface area (Å²) >= 11 is 0. The third-order valence-electron chi connectivity index (χ3n) is 3.90. The van der Waals surface area contributed by atoms with Gasteiger partial charge in [-0.15, -0.1) is 0 Å². The van der Waals surface area contributed by atoms with E-state index in [1.54, 1.807) is 6.07 Å². The molecule has 1 aromatic carbocycles. The molecule has 2 nitrogen and oxygen atoms in total. The van der Waals surface area contributed by atoms with E-state index in [9.17, 15) is 13.2 Å². The lowest BCUT2D eigenvalue weighted by Crippen LogP contribution is -2.27. The maximum atomic E-state index is 12.7. The molecule has 1 aliphatic heterocycles. The van der Waals surface area contributed by atoms with E-state index in [1.165, 1.54) is 7.11 Å². The van der Waals surface area contributed by atoms with Gasteiger partial charge in [0, 0.05) is 0 Å². The first-order valence-electron chi connectivity index (χ1n) is 6.95. The predicted molar refractivity (Wildman–Crippen MR) is 71.9 cm³/mol. The number of alkyl halides is 3. The molecule has 1 aromatic rings. The fourth-order valence-electron chi connectivity index (χ4n) is 2.66. The van der Waals surface area contributed by atoms with Gasteiger partial charge in [-0.3, -0.25) is 0 Å². The Morgan fingerprint density at radius 1 is 1.25 bits per heavy atom. The van der Waals surface area contributed by atoms with Crippen molar-refractivity contribution >= 4 is 0 Å². The largest absolute Gasteiger partial charge is 0.496 e. The molecular weight excluding hydrogens is 267 g/mol. The highest BCUT2D eigenvalue weighted by Gasteiger charge is 2.31. The van der Waals surface area contributed by atoms with Crippen LogP contribution in [0, 0.1) is 5.92 Å². The molecule has 0 atom stereocenters. The summed E-state index contributed by atoms with van der Waals surface area (Å²) in [4.78, 5) is 0. The molecule has 1 N–H and O–H groups in total. The molecule has 0 aromatic heterocycles. The van der Waals surface area contributed by atoms with Crippen LogP contribution in [-0.2, 0) is 12.6 Å². The van der Waals surface area contributed by atoms with Crippen molar-refractivity contribution in [2.75, 3.05) is 20.2 Å². The maximum Gasteiger partial charge on any atom is 0.416 e. The zero-order valence-corrected chi connectivity index (χ0v) is 11.6. The molecule has 0 aliphatic carbocycles. The van der Waals surface area contributed by atoms with Gasteiger partial charge in [-0.2, -0.15) is 13.2 Å². The Morgan fingerprint density at radius 3 is 2.55 bits per heavy atom. The number of benzene rings is 1. The van der Waals surface area contributed by atoms with Gasteiger partial charge in [0.15, 0.2) is 0 Å². The van der Waals surface area contributed by atoms with Crippen LogP contribution < -0.4 is 10.1 Å². The molecular formula is C15H20F3NO. The van der Waals surface area contributed by atoms with E-state index in [2.05, 4.69) is 5.32 Å². The van der Waals surface area contributed by atoms with Gasteiger partial charge in [-0.1, -0.05) is 6.07 Å². The van der Waals surface area contributed by atoms with Crippen LogP contribution in [0.15, 0.2) is 18.2 Å². The monoisotopic (exact) mass is 287 g/mol. The minimum absolute atomic E-state index is 0.341. The summed E-state index contributed by atoms with van der Waals surface area (Å²) in [6.07, 6.45) is -0.262. The summed E-state index contributed by atoms with van der Waals surface area (Å²) in [6, 6.07) is 3.78. The van der Waals surface area contributed by atoms with Gasteiger partial charge >= 0.3 is 6.18 Å². The number of hydrogen-bond acceptors (Lipinski definition) is 2. The molecule has 0 bridgehead atoms. The van der Waals surface area contributed by atoms with Crippen LogP contribution in [0.2, 0.25) is 0 Å². The van der Waals surface area contributed by atoms with Crippen LogP contribution in [0.3, 0.4) is 0 Å². The Balaban J connectivity index is 2.03. The lowest BCUT2D eigenvalue weighted by Gasteiger charge is -2.23. The third-order valence-corrected chi connectivity index (χ3v) is 3.90. The van der Waals surface area contributed by atoms with Crippen LogP contribution in [-0.4, -0.2) is 20.2 Å². The van der Waals surface area contributed by atoms with Crippen LogP contribution in [0.4, 0.5) is 13.2 Å². The van der Waals surface area contributed by atoms with Gasteiger partial charge in [-0.25, -0.2) is 0 Å². The van der Waals surface area contributed by atoms with E-state index in [1.807, 2.05) is 0 Å². The van der Waals surface area contributed by atoms with Gasteiger partial charge in [0.05, 0.1) is 12.7 Å². The average molecular weight is 287 g/mol. The Morgan fingerprint density at radius 2 is 1.95 bits per heavy atom. The molecule has 5 heteroatoms. The fraction of sp³-hybridized carbons (Fsp3) is 0.600. The number of nitrogens with one attached hydrogen (secondary N) is 1. The van der Waals surface area contributed by atoms with Gasteiger partial charge in [0.1, 0.15) is 5.75 Å². The minimum Gasteiger partial charge on any atom is -0.496 e. The zero-order valence-electron chi connectivity index (χ0n) is 11.6. The first kappa shape index (κ1) is 15.2. The Bertz CT molecular complexity index is 439. The Kier molecular flexibility index (Phi) is 4.91. The second-order valence-electron chi connectivity index (χ2n) is 5.26. The Hall–Kier alpha value is -1.23. The lowest BCUT2D eigenvalue weighted by atomic mass is 9.91. The lowest BCUT2D eigenvalue weighted by molar-refractivity contribution is -0.137. The van der Waals surface area contributed by atoms with E-state index in [-0.39, 0.29) is 0 Å². The number of piperidine rings is 1. The normalized spacial score (nSPS) is 17.2. The minimum atomic E-state index is -4.32. The standard InChI is InChI=1S/C15H20F3NO/c1-20-14-10-13(15(16,17)18)5-4-12(14)3-2-11-6-8-19-9-7-11/h4-5,10-11,19H,2-3,6-9H2,1H3. The van der Waals surface area contributed by atoms with E-state index >= 15 is 0 Å². The van der Waals surface area contributed by atoms with Crippen LogP contribution in [0.1, 0.15) is 30.4 Å². The number of methoxy groups -OCH3 is 1. The summed E-state index contributed by atoms with van der Waals surface area (Å²) in [5.74, 6) is 0.997. The van der Waals surface area contributed by atoms with Gasteiger partial charge in [0.25, 0.3) is 0 Å². The third kappa shape index (κ3) is 3.88. The van der Waals surface area contributed by atoms with Crippen molar-refractivity contribution in [1.82, 2.24) is 5.32 Å². The van der Waals surface area contributed by atoms with E-state index < -0.39 is 11.7 Å². The summed E-state index contributed by atoms with van der Waals surface area (Å²) in [6.45, 7) is 2.07. The SMILES string of the molecule is COc1cc(C(F)(F)F)ccc1CCC1CCNCC1. The number of hydrogen-bond donors (Lipinski definition) is 1. The Labute approximate surface area is 117 Å². The molecule has 1 aliphatic rings. The van der Waals surface area contributed by atoms with E-state index in [4.69, 9.17) is 4.74 Å². The smallest absolute Gasteiger partial charge is 0.416 e. The molecule has 112 valence electrons. The van der Waals surface area contributed by atoms with Crippen molar-refractivity contribution < 1.29 is 17.9 Å². The number of aryl methyl sites for hydroxylation is 1. The molecule has 1 heterocycles. The summed E-state index contributed by atoms with van der Waals surface area (Å²) < 4.78 is 43.1. The van der Waals surface area contributed by atoms with Crippen molar-refractivity contribution in [1.29, 1.82) is 0 Å². The molecule has 0 radical (unpaired) electrons. The van der Waals surface area contributed by atoms with Crippen molar-refractivity contribution in [3.8, 4) is 5.75 Å².